The summed E-state index contributed by atoms with van der Waals surface area (Å²) in [6.07, 6.45) is 4.17. The van der Waals surface area contributed by atoms with E-state index in [1.807, 2.05) is 6.92 Å². The minimum Gasteiger partial charge on any atom is -0.445 e. The zero-order valence-corrected chi connectivity index (χ0v) is 22.9. The number of fused-ring (bicyclic) bond motifs is 2. The van der Waals surface area contributed by atoms with E-state index in [-0.39, 0.29) is 53.2 Å². The molecule has 36 heavy (non-hydrogen) atoms. The Bertz CT molecular complexity index is 943. The van der Waals surface area contributed by atoms with Crippen LogP contribution in [0.15, 0.2) is 12.7 Å². The molecule has 3 aliphatic carbocycles. The molecule has 2 saturated heterocycles. The van der Waals surface area contributed by atoms with E-state index in [0.717, 1.165) is 38.8 Å². The minimum atomic E-state index is -0.734. The number of ether oxygens (including phenoxy) is 1. The maximum absolute atomic E-state index is 13.5. The average Bonchev–Trinajstić information content (AvgIpc) is 3.55. The summed E-state index contributed by atoms with van der Waals surface area (Å²) in [5, 5.41) is 14.1. The fourth-order valence-corrected chi connectivity index (χ4v) is 8.93. The predicted molar refractivity (Wildman–Crippen MR) is 138 cm³/mol. The molecule has 0 aromatic heterocycles. The number of nitrogens with zero attached hydrogens (tertiary/aromatic N) is 1. The van der Waals surface area contributed by atoms with Crippen molar-refractivity contribution >= 4 is 30.2 Å². The third kappa shape index (κ3) is 3.87. The SMILES string of the molecule is C=C[C@]1(C)C[C@@H](OC(=O)NC(=O)[C@H]2CN3CC[C@@H]2C3)[C@]2(C)[C@H](C)CC[C@]3(CCC(=O)[C@H]32)[C@@H](C)[C@@H]1O.Cl. The Kier molecular flexibility index (Phi) is 7.20. The topological polar surface area (TPSA) is 95.9 Å². The molecular weight excluding hydrogens is 480 g/mol. The quantitative estimate of drug-likeness (QED) is 0.544. The molecule has 0 aromatic rings. The molecule has 5 rings (SSSR count). The van der Waals surface area contributed by atoms with Gasteiger partial charge in [0.05, 0.1) is 12.0 Å². The summed E-state index contributed by atoms with van der Waals surface area (Å²) in [7, 11) is 0. The third-order valence-corrected chi connectivity index (χ3v) is 11.4. The summed E-state index contributed by atoms with van der Waals surface area (Å²) in [5.74, 6) is -0.100. The van der Waals surface area contributed by atoms with Crippen molar-refractivity contribution in [2.45, 2.75) is 78.4 Å². The standard InChI is InChI=1S/C28H42N2O5.ClH/c1-6-26(4)13-21(35-25(34)29-24(33)19-15-30-12-9-18(19)14-30)27(5)16(2)7-10-28(17(3)23(26)32)11-8-20(31)22(27)28;/h6,16-19,21-23,32H,1,7-15H2,2-5H3,(H,29,33,34);1H/t16-,17+,18-,19+,21-,22+,23+,26-,27+,28+;/m1./s1. The van der Waals surface area contributed by atoms with Gasteiger partial charge in [-0.2, -0.15) is 0 Å². The molecule has 2 aliphatic heterocycles. The molecule has 0 radical (unpaired) electrons. The van der Waals surface area contributed by atoms with Crippen LogP contribution in [-0.2, 0) is 14.3 Å². The highest BCUT2D eigenvalue weighted by atomic mass is 35.5. The van der Waals surface area contributed by atoms with Gasteiger partial charge in [-0.05, 0) is 61.8 Å². The second-order valence-electron chi connectivity index (χ2n) is 12.9. The maximum Gasteiger partial charge on any atom is 0.414 e. The normalized spacial score (nSPS) is 49.3. The molecular formula is C28H43ClN2O5. The fourth-order valence-electron chi connectivity index (χ4n) is 8.93. The highest BCUT2D eigenvalue weighted by Gasteiger charge is 2.68. The van der Waals surface area contributed by atoms with Crippen LogP contribution in [0.1, 0.15) is 66.2 Å². The molecule has 0 aromatic carbocycles. The van der Waals surface area contributed by atoms with Crippen molar-refractivity contribution in [2.75, 3.05) is 19.6 Å². The Morgan fingerprint density at radius 3 is 2.53 bits per heavy atom. The molecule has 11 atom stereocenters. The van der Waals surface area contributed by atoms with E-state index in [9.17, 15) is 19.5 Å². The Hall–Kier alpha value is -1.44. The lowest BCUT2D eigenvalue weighted by Gasteiger charge is -2.61. The number of ketones is 1. The van der Waals surface area contributed by atoms with Gasteiger partial charge in [0.15, 0.2) is 0 Å². The highest BCUT2D eigenvalue weighted by molar-refractivity contribution is 5.93. The van der Waals surface area contributed by atoms with E-state index in [1.54, 1.807) is 6.08 Å². The van der Waals surface area contributed by atoms with Crippen LogP contribution in [-0.4, -0.2) is 59.6 Å². The lowest BCUT2D eigenvalue weighted by Crippen LogP contribution is -2.63. The first-order valence-corrected chi connectivity index (χ1v) is 13.5. The summed E-state index contributed by atoms with van der Waals surface area (Å²) >= 11 is 0. The van der Waals surface area contributed by atoms with E-state index in [1.165, 1.54) is 0 Å². The number of nitrogens with one attached hydrogen (secondary N) is 1. The van der Waals surface area contributed by atoms with Gasteiger partial charge in [0, 0.05) is 36.3 Å². The minimum absolute atomic E-state index is 0. The Morgan fingerprint density at radius 2 is 1.92 bits per heavy atom. The van der Waals surface area contributed by atoms with Crippen molar-refractivity contribution in [2.24, 2.45) is 45.8 Å². The molecule has 3 saturated carbocycles. The van der Waals surface area contributed by atoms with Gasteiger partial charge in [0.1, 0.15) is 11.9 Å². The maximum atomic E-state index is 13.5. The molecule has 0 spiro atoms. The van der Waals surface area contributed by atoms with Gasteiger partial charge in [-0.1, -0.05) is 33.8 Å². The number of amides is 2. The first-order valence-electron chi connectivity index (χ1n) is 13.5. The molecule has 202 valence electrons. The van der Waals surface area contributed by atoms with Gasteiger partial charge in [-0.25, -0.2) is 4.79 Å². The number of rotatable bonds is 3. The van der Waals surface area contributed by atoms with Crippen LogP contribution in [0.5, 0.6) is 0 Å². The number of hydrogen-bond acceptors (Lipinski definition) is 6. The monoisotopic (exact) mass is 522 g/mol. The van der Waals surface area contributed by atoms with Gasteiger partial charge in [-0.3, -0.25) is 14.9 Å². The lowest BCUT2D eigenvalue weighted by atomic mass is 9.44. The smallest absolute Gasteiger partial charge is 0.414 e. The number of halogens is 1. The Morgan fingerprint density at radius 1 is 1.19 bits per heavy atom. The Balaban J connectivity index is 0.00000304. The number of alkyl carbamates (subject to hydrolysis) is 1. The van der Waals surface area contributed by atoms with E-state index in [2.05, 4.69) is 37.6 Å². The first-order chi connectivity index (χ1) is 16.5. The van der Waals surface area contributed by atoms with Crippen LogP contribution in [0, 0.1) is 45.8 Å². The second kappa shape index (κ2) is 9.39. The second-order valence-corrected chi connectivity index (χ2v) is 12.9. The summed E-state index contributed by atoms with van der Waals surface area (Å²) in [4.78, 5) is 41.8. The number of piperidine rings is 1. The summed E-state index contributed by atoms with van der Waals surface area (Å²) in [6, 6.07) is 0. The fraction of sp³-hybridized carbons (Fsp3) is 0.821. The zero-order chi connectivity index (χ0) is 25.3. The van der Waals surface area contributed by atoms with Crippen molar-refractivity contribution in [1.29, 1.82) is 0 Å². The molecule has 2 heterocycles. The third-order valence-electron chi connectivity index (χ3n) is 11.4. The number of carbonyl (C=O) groups excluding carboxylic acids is 3. The van der Waals surface area contributed by atoms with E-state index < -0.39 is 29.1 Å². The van der Waals surface area contributed by atoms with Crippen LogP contribution in [0.2, 0.25) is 0 Å². The van der Waals surface area contributed by atoms with Gasteiger partial charge < -0.3 is 14.7 Å². The van der Waals surface area contributed by atoms with Crippen molar-refractivity contribution in [3.63, 3.8) is 0 Å². The number of hydrogen-bond donors (Lipinski definition) is 2. The molecule has 2 N–H and O–H groups in total. The number of Topliss-reactive ketones (excluding diaryl/α,β-unsaturated/α-hetero) is 1. The van der Waals surface area contributed by atoms with E-state index >= 15 is 0 Å². The van der Waals surface area contributed by atoms with Crippen molar-refractivity contribution in [1.82, 2.24) is 10.2 Å². The first kappa shape index (κ1) is 27.6. The van der Waals surface area contributed by atoms with Gasteiger partial charge >= 0.3 is 6.09 Å². The molecule has 4 bridgehead atoms. The van der Waals surface area contributed by atoms with Crippen LogP contribution in [0.25, 0.3) is 0 Å². The van der Waals surface area contributed by atoms with Gasteiger partial charge in [0.2, 0.25) is 5.91 Å². The van der Waals surface area contributed by atoms with Gasteiger partial charge in [-0.15, -0.1) is 19.0 Å². The van der Waals surface area contributed by atoms with Crippen molar-refractivity contribution in [3.8, 4) is 0 Å². The summed E-state index contributed by atoms with van der Waals surface area (Å²) < 4.78 is 6.13. The molecule has 2 amide bonds. The van der Waals surface area contributed by atoms with Crippen molar-refractivity contribution in [3.05, 3.63) is 12.7 Å². The van der Waals surface area contributed by atoms with Crippen LogP contribution in [0.3, 0.4) is 0 Å². The largest absolute Gasteiger partial charge is 0.445 e. The molecule has 7 nitrogen and oxygen atoms in total. The summed E-state index contributed by atoms with van der Waals surface area (Å²) in [5.41, 5.74) is -1.58. The van der Waals surface area contributed by atoms with Crippen LogP contribution < -0.4 is 5.32 Å². The molecule has 1 unspecified atom stereocenters. The average molecular weight is 523 g/mol. The predicted octanol–water partition coefficient (Wildman–Crippen LogP) is 3.98. The number of aliphatic hydroxyl groups excluding tert-OH is 1. The van der Waals surface area contributed by atoms with E-state index in [0.29, 0.717) is 25.3 Å². The zero-order valence-electron chi connectivity index (χ0n) is 22.1. The molecule has 5 fully saturated rings. The number of aliphatic hydroxyl groups is 1. The number of imide groups is 1. The lowest BCUT2D eigenvalue weighted by molar-refractivity contribution is -0.191. The van der Waals surface area contributed by atoms with Crippen LogP contribution >= 0.6 is 12.4 Å². The summed E-state index contributed by atoms with van der Waals surface area (Å²) in [6.45, 7) is 15.0. The van der Waals surface area contributed by atoms with E-state index in [4.69, 9.17) is 4.74 Å². The molecule has 5 aliphatic rings. The van der Waals surface area contributed by atoms with Crippen LogP contribution in [0.4, 0.5) is 4.79 Å². The highest BCUT2D eigenvalue weighted by Crippen LogP contribution is 2.68. The Labute approximate surface area is 221 Å². The van der Waals surface area contributed by atoms with Gasteiger partial charge in [0.25, 0.3) is 0 Å². The molecule has 8 heteroatoms. The van der Waals surface area contributed by atoms with Crippen molar-refractivity contribution < 1.29 is 24.2 Å². The number of carbonyl (C=O) groups is 3.